The van der Waals surface area contributed by atoms with Crippen LogP contribution in [-0.2, 0) is 16.1 Å². The monoisotopic (exact) mass is 455 g/mol. The first-order chi connectivity index (χ1) is 15.1. The van der Waals surface area contributed by atoms with E-state index in [1.165, 1.54) is 13.2 Å². The number of carbonyl (C=O) groups is 1. The van der Waals surface area contributed by atoms with Gasteiger partial charge >= 0.3 is 12.1 Å². The molecular formula is C20H24F3N5O4. The lowest BCUT2D eigenvalue weighted by Crippen LogP contribution is -2.46. The fourth-order valence-corrected chi connectivity index (χ4v) is 3.15. The van der Waals surface area contributed by atoms with E-state index in [1.807, 2.05) is 0 Å². The summed E-state index contributed by atoms with van der Waals surface area (Å²) >= 11 is 0. The lowest BCUT2D eigenvalue weighted by Gasteiger charge is -2.23. The van der Waals surface area contributed by atoms with Crippen LogP contribution in [0.5, 0.6) is 11.5 Å². The molecule has 32 heavy (non-hydrogen) atoms. The molecule has 1 aromatic heterocycles. The van der Waals surface area contributed by atoms with Crippen LogP contribution in [0.4, 0.5) is 13.2 Å². The third kappa shape index (κ3) is 5.31. The van der Waals surface area contributed by atoms with Crippen molar-refractivity contribution in [3.05, 3.63) is 30.1 Å². The van der Waals surface area contributed by atoms with Crippen molar-refractivity contribution >= 4 is 11.8 Å². The predicted molar refractivity (Wildman–Crippen MR) is 109 cm³/mol. The number of aromatic nitrogens is 2. The lowest BCUT2D eigenvalue weighted by atomic mass is 10.1. The summed E-state index contributed by atoms with van der Waals surface area (Å²) in [6.45, 7) is 2.85. The second-order valence-corrected chi connectivity index (χ2v) is 6.94. The molecule has 0 radical (unpaired) electrons. The van der Waals surface area contributed by atoms with Gasteiger partial charge in [0, 0.05) is 19.3 Å². The number of amidine groups is 1. The van der Waals surface area contributed by atoms with Crippen molar-refractivity contribution in [1.82, 2.24) is 20.0 Å². The Hall–Kier alpha value is -3.28. The van der Waals surface area contributed by atoms with Crippen LogP contribution in [0.15, 0.2) is 24.4 Å². The number of alkyl halides is 3. The minimum atomic E-state index is -4.48. The molecule has 2 aromatic rings. The van der Waals surface area contributed by atoms with Gasteiger partial charge in [-0.15, -0.1) is 0 Å². The van der Waals surface area contributed by atoms with E-state index in [4.69, 9.17) is 19.6 Å². The zero-order chi connectivity index (χ0) is 23.5. The van der Waals surface area contributed by atoms with Gasteiger partial charge in [-0.1, -0.05) is 0 Å². The van der Waals surface area contributed by atoms with E-state index in [-0.39, 0.29) is 18.9 Å². The van der Waals surface area contributed by atoms with Gasteiger partial charge in [-0.2, -0.15) is 13.2 Å². The molecule has 3 rings (SSSR count). The minimum Gasteiger partial charge on any atom is -0.491 e. The molecule has 2 heterocycles. The fraction of sp³-hybridized carbons (Fsp3) is 0.450. The molecule has 0 unspecified atom stereocenters. The van der Waals surface area contributed by atoms with Crippen LogP contribution in [0.3, 0.4) is 0 Å². The molecule has 0 amide bonds. The van der Waals surface area contributed by atoms with Gasteiger partial charge in [0.1, 0.15) is 36.2 Å². The summed E-state index contributed by atoms with van der Waals surface area (Å²) in [6, 6.07) is 4.94. The van der Waals surface area contributed by atoms with Gasteiger partial charge in [0.15, 0.2) is 11.9 Å². The van der Waals surface area contributed by atoms with Gasteiger partial charge < -0.3 is 18.8 Å². The van der Waals surface area contributed by atoms with Gasteiger partial charge in [0.2, 0.25) is 0 Å². The number of ether oxygens (including phenoxy) is 3. The molecule has 0 bridgehead atoms. The van der Waals surface area contributed by atoms with Crippen molar-refractivity contribution in [3.8, 4) is 22.9 Å². The molecule has 9 nitrogen and oxygen atoms in total. The maximum absolute atomic E-state index is 12.8. The number of hydrogen-bond donors (Lipinski definition) is 2. The summed E-state index contributed by atoms with van der Waals surface area (Å²) in [6.07, 6.45) is -3.78. The number of halogens is 3. The highest BCUT2D eigenvalue weighted by atomic mass is 19.4. The largest absolute Gasteiger partial charge is 0.491 e. The van der Waals surface area contributed by atoms with E-state index in [9.17, 15) is 18.0 Å². The van der Waals surface area contributed by atoms with Crippen LogP contribution >= 0.6 is 0 Å². The lowest BCUT2D eigenvalue weighted by molar-refractivity contribution is -0.150. The van der Waals surface area contributed by atoms with Gasteiger partial charge in [0.25, 0.3) is 0 Å². The van der Waals surface area contributed by atoms with Crippen molar-refractivity contribution in [2.75, 3.05) is 26.8 Å². The number of carbonyl (C=O) groups excluding carboxylic acids is 1. The Morgan fingerprint density at radius 1 is 1.44 bits per heavy atom. The van der Waals surface area contributed by atoms with Crippen molar-refractivity contribution in [2.24, 2.45) is 0 Å². The smallest absolute Gasteiger partial charge is 0.407 e. The second-order valence-electron chi connectivity index (χ2n) is 6.94. The zero-order valence-electron chi connectivity index (χ0n) is 17.8. The first kappa shape index (κ1) is 23.4. The molecular weight excluding hydrogens is 431 g/mol. The highest BCUT2D eigenvalue weighted by molar-refractivity contribution is 5.94. The number of esters is 1. The molecule has 0 fully saturated rings. The van der Waals surface area contributed by atoms with Gasteiger partial charge in [-0.05, 0) is 26.0 Å². The zero-order valence-corrected chi connectivity index (χ0v) is 17.8. The van der Waals surface area contributed by atoms with Crippen LogP contribution < -0.4 is 14.9 Å². The highest BCUT2D eigenvalue weighted by Crippen LogP contribution is 2.35. The molecule has 1 atom stereocenters. The first-order valence-corrected chi connectivity index (χ1v) is 9.91. The Kier molecular flexibility index (Phi) is 6.92. The molecule has 1 aliphatic rings. The van der Waals surface area contributed by atoms with E-state index in [2.05, 4.69) is 10.4 Å². The van der Waals surface area contributed by atoms with Gasteiger partial charge in [-0.25, -0.2) is 15.2 Å². The molecule has 0 saturated heterocycles. The Balaban J connectivity index is 1.86. The van der Waals surface area contributed by atoms with E-state index >= 15 is 0 Å². The molecule has 2 N–H and O–H groups in total. The summed E-state index contributed by atoms with van der Waals surface area (Å²) in [4.78, 5) is 16.2. The molecule has 174 valence electrons. The summed E-state index contributed by atoms with van der Waals surface area (Å²) in [7, 11) is 1.31. The van der Waals surface area contributed by atoms with Crippen LogP contribution in [0.2, 0.25) is 0 Å². The summed E-state index contributed by atoms with van der Waals surface area (Å²) < 4.78 is 56.5. The number of imidazole rings is 1. The number of nitrogens with one attached hydrogen (secondary N) is 2. The standard InChI is InChI=1S/C20H24F3N5O4/c1-4-30-19(29)12(2)32-13-5-6-14-16(9-13)31-8-7-27-10-15(26-18(14)27)17(24)28(25-3)11-20(21,22)23/h5-6,9-10,12,24-25H,4,7-8,11H2,1-3H3/t12-/m1/s1. The average molecular weight is 455 g/mol. The first-order valence-electron chi connectivity index (χ1n) is 9.91. The number of nitrogens with zero attached hydrogens (tertiary/aromatic N) is 3. The number of hydrazine groups is 1. The third-order valence-electron chi connectivity index (χ3n) is 4.61. The van der Waals surface area contributed by atoms with Crippen LogP contribution in [0, 0.1) is 5.41 Å². The van der Waals surface area contributed by atoms with E-state index in [1.54, 1.807) is 36.6 Å². The highest BCUT2D eigenvalue weighted by Gasteiger charge is 2.33. The fourth-order valence-electron chi connectivity index (χ4n) is 3.15. The summed E-state index contributed by atoms with van der Waals surface area (Å²) in [5.41, 5.74) is 3.05. The van der Waals surface area contributed by atoms with Gasteiger partial charge in [0.05, 0.1) is 18.7 Å². The molecule has 0 saturated carbocycles. The maximum atomic E-state index is 12.8. The second kappa shape index (κ2) is 9.47. The van der Waals surface area contributed by atoms with Crippen LogP contribution in [0.25, 0.3) is 11.4 Å². The van der Waals surface area contributed by atoms with E-state index in [0.29, 0.717) is 34.4 Å². The normalized spacial score (nSPS) is 13.8. The SMILES string of the molecule is CCOC(=O)[C@@H](C)Oc1ccc2c(c1)OCCn1cc(C(=N)N(CC(F)(F)F)NC)nc1-2. The van der Waals surface area contributed by atoms with Crippen molar-refractivity contribution in [2.45, 2.75) is 32.7 Å². The van der Waals surface area contributed by atoms with Crippen molar-refractivity contribution in [3.63, 3.8) is 0 Å². The predicted octanol–water partition coefficient (Wildman–Crippen LogP) is 2.60. The third-order valence-corrected chi connectivity index (χ3v) is 4.61. The Bertz CT molecular complexity index is 992. The quantitative estimate of drug-likeness (QED) is 0.286. The summed E-state index contributed by atoms with van der Waals surface area (Å²) in [5.74, 6) is 0.391. The van der Waals surface area contributed by atoms with Crippen molar-refractivity contribution in [1.29, 1.82) is 5.41 Å². The molecule has 0 spiro atoms. The van der Waals surface area contributed by atoms with E-state index in [0.717, 1.165) is 0 Å². The van der Waals surface area contributed by atoms with Gasteiger partial charge in [-0.3, -0.25) is 10.4 Å². The van der Waals surface area contributed by atoms with E-state index < -0.39 is 30.6 Å². The molecule has 12 heteroatoms. The maximum Gasteiger partial charge on any atom is 0.407 e. The van der Waals surface area contributed by atoms with Crippen molar-refractivity contribution < 1.29 is 32.2 Å². The Labute approximate surface area is 182 Å². The number of hydrogen-bond acceptors (Lipinski definition) is 7. The average Bonchev–Trinajstić information content (AvgIpc) is 3.07. The minimum absolute atomic E-state index is 0.0858. The summed E-state index contributed by atoms with van der Waals surface area (Å²) in [5, 5.41) is 8.84. The number of fused-ring (bicyclic) bond motifs is 3. The topological polar surface area (TPSA) is 102 Å². The number of rotatable bonds is 7. The Morgan fingerprint density at radius 2 is 2.19 bits per heavy atom. The molecule has 0 aliphatic carbocycles. The van der Waals surface area contributed by atoms with Crippen LogP contribution in [0.1, 0.15) is 19.5 Å². The number of benzene rings is 1. The van der Waals surface area contributed by atoms with Crippen LogP contribution in [-0.4, -0.2) is 65.5 Å². The molecule has 1 aliphatic heterocycles. The molecule has 1 aromatic carbocycles. The Morgan fingerprint density at radius 3 is 2.84 bits per heavy atom.